The van der Waals surface area contributed by atoms with Gasteiger partial charge in [0.2, 0.25) is 0 Å². The lowest BCUT2D eigenvalue weighted by Gasteiger charge is -2.36. The number of hydrogen-bond acceptors (Lipinski definition) is 5. The van der Waals surface area contributed by atoms with Crippen LogP contribution in [0.15, 0.2) is 54.6 Å². The summed E-state index contributed by atoms with van der Waals surface area (Å²) in [6, 6.07) is 17.5. The SMILES string of the molecule is COC(=O)CCc1ccc(N2CCN(C3CCN(C(=O)OCc4ccccc4)CC3)C2=O)cc1. The van der Waals surface area contributed by atoms with E-state index in [1.54, 1.807) is 9.80 Å². The number of aryl methyl sites for hydroxylation is 1. The molecule has 2 aromatic carbocycles. The molecule has 34 heavy (non-hydrogen) atoms. The zero-order valence-corrected chi connectivity index (χ0v) is 19.5. The van der Waals surface area contributed by atoms with E-state index in [1.165, 1.54) is 7.11 Å². The Morgan fingerprint density at radius 1 is 0.912 bits per heavy atom. The molecule has 2 aromatic rings. The minimum Gasteiger partial charge on any atom is -0.469 e. The number of anilines is 1. The van der Waals surface area contributed by atoms with E-state index >= 15 is 0 Å². The smallest absolute Gasteiger partial charge is 0.410 e. The lowest BCUT2D eigenvalue weighted by atomic mass is 10.0. The maximum Gasteiger partial charge on any atom is 0.410 e. The topological polar surface area (TPSA) is 79.4 Å². The lowest BCUT2D eigenvalue weighted by Crippen LogP contribution is -2.48. The first-order valence-corrected chi connectivity index (χ1v) is 11.7. The molecule has 2 saturated heterocycles. The van der Waals surface area contributed by atoms with Crippen LogP contribution in [0.4, 0.5) is 15.3 Å². The van der Waals surface area contributed by atoms with E-state index in [2.05, 4.69) is 4.74 Å². The summed E-state index contributed by atoms with van der Waals surface area (Å²) < 4.78 is 10.1. The summed E-state index contributed by atoms with van der Waals surface area (Å²) in [5.74, 6) is -0.232. The number of carbonyl (C=O) groups excluding carboxylic acids is 3. The standard InChI is InChI=1S/C26H31N3O5/c1-33-24(30)12-9-20-7-10-22(11-8-20)28-17-18-29(25(28)31)23-13-15-27(16-14-23)26(32)34-19-21-5-3-2-4-6-21/h2-8,10-11,23H,9,12-19H2,1H3. The molecule has 2 aliphatic heterocycles. The van der Waals surface area contributed by atoms with Gasteiger partial charge in [-0.25, -0.2) is 9.59 Å². The summed E-state index contributed by atoms with van der Waals surface area (Å²) in [6.45, 7) is 2.74. The van der Waals surface area contributed by atoms with Crippen molar-refractivity contribution in [3.63, 3.8) is 0 Å². The van der Waals surface area contributed by atoms with E-state index in [0.29, 0.717) is 39.0 Å². The van der Waals surface area contributed by atoms with E-state index in [0.717, 1.165) is 29.7 Å². The van der Waals surface area contributed by atoms with E-state index < -0.39 is 0 Å². The van der Waals surface area contributed by atoms with Crippen LogP contribution in [0.3, 0.4) is 0 Å². The zero-order valence-electron chi connectivity index (χ0n) is 19.5. The molecule has 180 valence electrons. The quantitative estimate of drug-likeness (QED) is 0.581. The van der Waals surface area contributed by atoms with E-state index in [9.17, 15) is 14.4 Å². The molecule has 0 radical (unpaired) electrons. The average Bonchev–Trinajstić information content (AvgIpc) is 3.28. The maximum atomic E-state index is 13.1. The van der Waals surface area contributed by atoms with Crippen molar-refractivity contribution in [1.82, 2.24) is 9.80 Å². The van der Waals surface area contributed by atoms with Gasteiger partial charge < -0.3 is 19.3 Å². The number of likely N-dealkylation sites (tertiary alicyclic amines) is 1. The number of urea groups is 1. The molecule has 3 amide bonds. The molecule has 0 saturated carbocycles. The molecule has 0 N–H and O–H groups in total. The molecule has 0 atom stereocenters. The summed E-state index contributed by atoms with van der Waals surface area (Å²) in [7, 11) is 1.39. The van der Waals surface area contributed by atoms with Crippen LogP contribution in [-0.2, 0) is 27.3 Å². The maximum absolute atomic E-state index is 13.1. The molecular weight excluding hydrogens is 434 g/mol. The van der Waals surface area contributed by atoms with Gasteiger partial charge in [0.25, 0.3) is 0 Å². The molecule has 0 spiro atoms. The Balaban J connectivity index is 1.25. The van der Waals surface area contributed by atoms with Crippen molar-refractivity contribution in [2.75, 3.05) is 38.2 Å². The largest absolute Gasteiger partial charge is 0.469 e. The van der Waals surface area contributed by atoms with Gasteiger partial charge in [0.1, 0.15) is 6.61 Å². The third-order valence-corrected chi connectivity index (χ3v) is 6.50. The number of amides is 3. The van der Waals surface area contributed by atoms with Crippen molar-refractivity contribution in [3.8, 4) is 0 Å². The lowest BCUT2D eigenvalue weighted by molar-refractivity contribution is -0.140. The molecule has 2 aliphatic rings. The molecule has 4 rings (SSSR count). The van der Waals surface area contributed by atoms with Crippen molar-refractivity contribution in [3.05, 3.63) is 65.7 Å². The van der Waals surface area contributed by atoms with Gasteiger partial charge in [-0.05, 0) is 42.5 Å². The van der Waals surface area contributed by atoms with Crippen LogP contribution in [0, 0.1) is 0 Å². The molecule has 0 bridgehead atoms. The average molecular weight is 466 g/mol. The van der Waals surface area contributed by atoms with Gasteiger partial charge in [0.05, 0.1) is 7.11 Å². The van der Waals surface area contributed by atoms with Crippen LogP contribution < -0.4 is 4.90 Å². The molecule has 0 aromatic heterocycles. The van der Waals surface area contributed by atoms with E-state index in [1.807, 2.05) is 59.5 Å². The molecular formula is C26H31N3O5. The van der Waals surface area contributed by atoms with Gasteiger partial charge in [-0.15, -0.1) is 0 Å². The number of rotatable bonds is 7. The zero-order chi connectivity index (χ0) is 23.9. The second-order valence-electron chi connectivity index (χ2n) is 8.63. The Labute approximate surface area is 200 Å². The van der Waals surface area contributed by atoms with Crippen LogP contribution in [0.1, 0.15) is 30.4 Å². The number of nitrogens with zero attached hydrogens (tertiary/aromatic N) is 3. The minimum atomic E-state index is -0.302. The Kier molecular flexibility index (Phi) is 7.67. The molecule has 0 aliphatic carbocycles. The number of hydrogen-bond donors (Lipinski definition) is 0. The van der Waals surface area contributed by atoms with Crippen molar-refractivity contribution in [2.45, 2.75) is 38.3 Å². The predicted octanol–water partition coefficient (Wildman–Crippen LogP) is 3.84. The monoisotopic (exact) mass is 465 g/mol. The van der Waals surface area contributed by atoms with Crippen molar-refractivity contribution >= 4 is 23.8 Å². The van der Waals surface area contributed by atoms with Gasteiger partial charge in [-0.3, -0.25) is 9.69 Å². The second-order valence-corrected chi connectivity index (χ2v) is 8.63. The van der Waals surface area contributed by atoms with Crippen molar-refractivity contribution in [1.29, 1.82) is 0 Å². The Hall–Kier alpha value is -3.55. The van der Waals surface area contributed by atoms with Crippen LogP contribution in [0.5, 0.6) is 0 Å². The first-order chi connectivity index (χ1) is 16.5. The van der Waals surface area contributed by atoms with E-state index in [-0.39, 0.29) is 30.7 Å². The number of esters is 1. The van der Waals surface area contributed by atoms with Crippen molar-refractivity contribution < 1.29 is 23.9 Å². The van der Waals surface area contributed by atoms with Gasteiger partial charge in [0, 0.05) is 44.3 Å². The Bertz CT molecular complexity index is 987. The highest BCUT2D eigenvalue weighted by Crippen LogP contribution is 2.26. The highest BCUT2D eigenvalue weighted by atomic mass is 16.6. The first kappa shape index (κ1) is 23.6. The fourth-order valence-electron chi connectivity index (χ4n) is 4.49. The number of ether oxygens (including phenoxy) is 2. The second kappa shape index (κ2) is 11.0. The normalized spacial score (nSPS) is 16.6. The third kappa shape index (κ3) is 5.68. The molecule has 0 unspecified atom stereocenters. The fourth-order valence-corrected chi connectivity index (χ4v) is 4.49. The summed E-state index contributed by atoms with van der Waals surface area (Å²) in [5, 5.41) is 0. The minimum absolute atomic E-state index is 0.00687. The first-order valence-electron chi connectivity index (χ1n) is 11.7. The third-order valence-electron chi connectivity index (χ3n) is 6.50. The summed E-state index contributed by atoms with van der Waals surface area (Å²) >= 11 is 0. The summed E-state index contributed by atoms with van der Waals surface area (Å²) in [6.07, 6.45) is 2.13. The highest BCUT2D eigenvalue weighted by Gasteiger charge is 2.36. The van der Waals surface area contributed by atoms with Crippen molar-refractivity contribution in [2.24, 2.45) is 0 Å². The van der Waals surface area contributed by atoms with Gasteiger partial charge in [0.15, 0.2) is 0 Å². The van der Waals surface area contributed by atoms with Gasteiger partial charge >= 0.3 is 18.1 Å². The van der Waals surface area contributed by atoms with Crippen LogP contribution in [0.25, 0.3) is 0 Å². The molecule has 8 heteroatoms. The molecule has 8 nitrogen and oxygen atoms in total. The Morgan fingerprint density at radius 3 is 2.29 bits per heavy atom. The number of carbonyl (C=O) groups is 3. The molecule has 2 heterocycles. The predicted molar refractivity (Wildman–Crippen MR) is 127 cm³/mol. The Morgan fingerprint density at radius 2 is 1.62 bits per heavy atom. The van der Waals surface area contributed by atoms with Crippen LogP contribution in [-0.4, -0.2) is 67.2 Å². The number of methoxy groups -OCH3 is 1. The summed E-state index contributed by atoms with van der Waals surface area (Å²) in [5.41, 5.74) is 2.85. The van der Waals surface area contributed by atoms with Gasteiger partial charge in [-0.2, -0.15) is 0 Å². The fraction of sp³-hybridized carbons (Fsp3) is 0.423. The molecule has 2 fully saturated rings. The highest BCUT2D eigenvalue weighted by molar-refractivity contribution is 5.94. The number of piperidine rings is 1. The number of benzene rings is 2. The summed E-state index contributed by atoms with van der Waals surface area (Å²) in [4.78, 5) is 42.3. The van der Waals surface area contributed by atoms with E-state index in [4.69, 9.17) is 4.74 Å². The van der Waals surface area contributed by atoms with Crippen LogP contribution in [0.2, 0.25) is 0 Å². The van der Waals surface area contributed by atoms with Gasteiger partial charge in [-0.1, -0.05) is 42.5 Å². The van der Waals surface area contributed by atoms with Crippen LogP contribution >= 0.6 is 0 Å².